The number of ether oxygens (including phenoxy) is 1. The van der Waals surface area contributed by atoms with E-state index >= 15 is 0 Å². The second-order valence-corrected chi connectivity index (χ2v) is 1.80. The monoisotopic (exact) mass is 112 g/mol. The summed E-state index contributed by atoms with van der Waals surface area (Å²) in [7, 11) is 0. The van der Waals surface area contributed by atoms with Gasteiger partial charge in [0.25, 0.3) is 0 Å². The molecule has 0 spiro atoms. The third-order valence-electron chi connectivity index (χ3n) is 1.05. The zero-order valence-electron chi connectivity index (χ0n) is 4.53. The summed E-state index contributed by atoms with van der Waals surface area (Å²) < 4.78 is 4.65. The van der Waals surface area contributed by atoms with Crippen molar-refractivity contribution in [1.82, 2.24) is 0 Å². The van der Waals surface area contributed by atoms with Crippen molar-refractivity contribution in [3.63, 3.8) is 0 Å². The molecule has 1 heterocycles. The number of hydrogen-bond donors (Lipinski definition) is 2. The van der Waals surface area contributed by atoms with Crippen LogP contribution in [-0.4, -0.2) is 11.8 Å². The van der Waals surface area contributed by atoms with Gasteiger partial charge in [0.1, 0.15) is 0 Å². The van der Waals surface area contributed by atoms with Gasteiger partial charge in [-0.2, -0.15) is 0 Å². The van der Waals surface area contributed by atoms with Crippen LogP contribution < -0.4 is 0 Å². The molecule has 0 amide bonds. The molecule has 0 aromatic carbocycles. The molecule has 1 aliphatic heterocycles. The standard InChI is InChI=1S/C5H8N2O/c6-4-2-1-3-5(7)8-4/h6-7H,1-3H2. The molecule has 8 heavy (non-hydrogen) atoms. The van der Waals surface area contributed by atoms with Crippen molar-refractivity contribution >= 4 is 11.8 Å². The Balaban J connectivity index is 2.45. The van der Waals surface area contributed by atoms with E-state index in [1.165, 1.54) is 0 Å². The molecule has 0 bridgehead atoms. The minimum Gasteiger partial charge on any atom is -0.430 e. The van der Waals surface area contributed by atoms with E-state index < -0.39 is 0 Å². The fourth-order valence-electron chi connectivity index (χ4n) is 0.660. The molecule has 1 fully saturated rings. The van der Waals surface area contributed by atoms with Gasteiger partial charge in [-0.05, 0) is 6.42 Å². The summed E-state index contributed by atoms with van der Waals surface area (Å²) in [5.74, 6) is 0.475. The third kappa shape index (κ3) is 1.05. The van der Waals surface area contributed by atoms with E-state index in [4.69, 9.17) is 10.8 Å². The van der Waals surface area contributed by atoms with Crippen LogP contribution in [0.2, 0.25) is 0 Å². The number of hydrogen-bond acceptors (Lipinski definition) is 3. The lowest BCUT2D eigenvalue weighted by Crippen LogP contribution is -2.16. The Kier molecular flexibility index (Phi) is 1.28. The Hall–Kier alpha value is -0.860. The maximum Gasteiger partial charge on any atom is 0.189 e. The molecule has 1 saturated heterocycles. The van der Waals surface area contributed by atoms with Gasteiger partial charge < -0.3 is 4.74 Å². The lowest BCUT2D eigenvalue weighted by atomic mass is 10.2. The van der Waals surface area contributed by atoms with Gasteiger partial charge in [0.15, 0.2) is 11.8 Å². The molecule has 3 heteroatoms. The topological polar surface area (TPSA) is 56.9 Å². The molecule has 0 aromatic rings. The van der Waals surface area contributed by atoms with Gasteiger partial charge in [-0.25, -0.2) is 0 Å². The quantitative estimate of drug-likeness (QED) is 0.485. The maximum absolute atomic E-state index is 6.96. The Morgan fingerprint density at radius 3 is 1.88 bits per heavy atom. The van der Waals surface area contributed by atoms with Crippen LogP contribution in [0.1, 0.15) is 19.3 Å². The lowest BCUT2D eigenvalue weighted by Gasteiger charge is -2.12. The molecular formula is C5H8N2O. The first-order valence-corrected chi connectivity index (χ1v) is 2.62. The molecule has 3 nitrogen and oxygen atoms in total. The van der Waals surface area contributed by atoms with E-state index in [2.05, 4.69) is 4.74 Å². The fraction of sp³-hybridized carbons (Fsp3) is 0.600. The van der Waals surface area contributed by atoms with E-state index in [-0.39, 0.29) is 11.8 Å². The highest BCUT2D eigenvalue weighted by atomic mass is 16.5. The first kappa shape index (κ1) is 5.28. The predicted octanol–water partition coefficient (Wildman–Crippen LogP) is 1.14. The molecule has 0 atom stereocenters. The Labute approximate surface area is 47.7 Å². The summed E-state index contributed by atoms with van der Waals surface area (Å²) in [6.07, 6.45) is 2.29. The normalized spacial score (nSPS) is 20.5. The largest absolute Gasteiger partial charge is 0.430 e. The van der Waals surface area contributed by atoms with Gasteiger partial charge in [-0.3, -0.25) is 10.8 Å². The molecule has 0 aliphatic carbocycles. The fourth-order valence-corrected chi connectivity index (χ4v) is 0.660. The molecule has 1 rings (SSSR count). The van der Waals surface area contributed by atoms with Crippen LogP contribution in [0.5, 0.6) is 0 Å². The van der Waals surface area contributed by atoms with Crippen LogP contribution in [0, 0.1) is 10.8 Å². The van der Waals surface area contributed by atoms with Crippen LogP contribution in [0.3, 0.4) is 0 Å². The molecule has 1 aliphatic rings. The van der Waals surface area contributed by atoms with Gasteiger partial charge in [0, 0.05) is 12.8 Å². The zero-order chi connectivity index (χ0) is 5.98. The Morgan fingerprint density at radius 1 is 1.12 bits per heavy atom. The minimum absolute atomic E-state index is 0.237. The summed E-state index contributed by atoms with van der Waals surface area (Å²) in [6, 6.07) is 0. The highest BCUT2D eigenvalue weighted by Gasteiger charge is 2.09. The van der Waals surface area contributed by atoms with Gasteiger partial charge >= 0.3 is 0 Å². The smallest absolute Gasteiger partial charge is 0.189 e. The zero-order valence-corrected chi connectivity index (χ0v) is 4.53. The summed E-state index contributed by atoms with van der Waals surface area (Å²) in [5, 5.41) is 13.9. The summed E-state index contributed by atoms with van der Waals surface area (Å²) in [5.41, 5.74) is 0. The SMILES string of the molecule is N=C1CCCC(=N)O1. The van der Waals surface area contributed by atoms with Crippen LogP contribution in [-0.2, 0) is 4.74 Å². The third-order valence-corrected chi connectivity index (χ3v) is 1.05. The maximum atomic E-state index is 6.96. The number of nitrogens with one attached hydrogen (secondary N) is 2. The molecule has 0 unspecified atom stereocenters. The molecule has 44 valence electrons. The van der Waals surface area contributed by atoms with Crippen molar-refractivity contribution in [2.75, 3.05) is 0 Å². The first-order valence-electron chi connectivity index (χ1n) is 2.62. The Bertz CT molecular complexity index is 116. The van der Waals surface area contributed by atoms with Crippen molar-refractivity contribution in [1.29, 1.82) is 10.8 Å². The molecule has 2 N–H and O–H groups in total. The van der Waals surface area contributed by atoms with E-state index in [9.17, 15) is 0 Å². The summed E-state index contributed by atoms with van der Waals surface area (Å²) in [4.78, 5) is 0. The van der Waals surface area contributed by atoms with E-state index in [0.29, 0.717) is 12.8 Å². The van der Waals surface area contributed by atoms with Crippen molar-refractivity contribution < 1.29 is 4.74 Å². The summed E-state index contributed by atoms with van der Waals surface area (Å²) >= 11 is 0. The van der Waals surface area contributed by atoms with Gasteiger partial charge in [0.05, 0.1) is 0 Å². The van der Waals surface area contributed by atoms with E-state index in [1.807, 2.05) is 0 Å². The highest BCUT2D eigenvalue weighted by molar-refractivity contribution is 5.90. The second kappa shape index (κ2) is 1.94. The van der Waals surface area contributed by atoms with Crippen LogP contribution >= 0.6 is 0 Å². The van der Waals surface area contributed by atoms with Crippen LogP contribution in [0.25, 0.3) is 0 Å². The highest BCUT2D eigenvalue weighted by Crippen LogP contribution is 2.06. The lowest BCUT2D eigenvalue weighted by molar-refractivity contribution is 0.464. The first-order chi connectivity index (χ1) is 3.79. The van der Waals surface area contributed by atoms with Crippen molar-refractivity contribution in [3.8, 4) is 0 Å². The minimum atomic E-state index is 0.237. The molecule has 0 saturated carbocycles. The Morgan fingerprint density at radius 2 is 1.62 bits per heavy atom. The van der Waals surface area contributed by atoms with Crippen molar-refractivity contribution in [2.45, 2.75) is 19.3 Å². The molecule has 0 radical (unpaired) electrons. The van der Waals surface area contributed by atoms with Crippen LogP contribution in [0.4, 0.5) is 0 Å². The van der Waals surface area contributed by atoms with Crippen molar-refractivity contribution in [3.05, 3.63) is 0 Å². The van der Waals surface area contributed by atoms with E-state index in [1.54, 1.807) is 0 Å². The van der Waals surface area contributed by atoms with Crippen molar-refractivity contribution in [2.24, 2.45) is 0 Å². The van der Waals surface area contributed by atoms with Gasteiger partial charge in [0.2, 0.25) is 0 Å². The average molecular weight is 112 g/mol. The van der Waals surface area contributed by atoms with Crippen LogP contribution in [0.15, 0.2) is 0 Å². The van der Waals surface area contributed by atoms with Gasteiger partial charge in [-0.15, -0.1) is 0 Å². The van der Waals surface area contributed by atoms with Gasteiger partial charge in [-0.1, -0.05) is 0 Å². The average Bonchev–Trinajstić information content (AvgIpc) is 1.64. The van der Waals surface area contributed by atoms with E-state index in [0.717, 1.165) is 6.42 Å². The summed E-state index contributed by atoms with van der Waals surface area (Å²) in [6.45, 7) is 0. The second-order valence-electron chi connectivity index (χ2n) is 1.80. The molecular weight excluding hydrogens is 104 g/mol. The number of rotatable bonds is 0. The predicted molar refractivity (Wildman–Crippen MR) is 30.4 cm³/mol. The molecule has 0 aromatic heterocycles.